The first-order chi connectivity index (χ1) is 13.0. The Hall–Kier alpha value is -2.32. The molecule has 9 heteroatoms. The zero-order valence-corrected chi connectivity index (χ0v) is 17.3. The molecule has 0 unspecified atom stereocenters. The average Bonchev–Trinajstić information content (AvgIpc) is 3.00. The van der Waals surface area contributed by atoms with Gasteiger partial charge in [0.1, 0.15) is 11.6 Å². The second-order valence-electron chi connectivity index (χ2n) is 8.04. The van der Waals surface area contributed by atoms with E-state index in [0.717, 1.165) is 19.3 Å². The van der Waals surface area contributed by atoms with Crippen LogP contribution in [0.15, 0.2) is 0 Å². The molecule has 0 radical (unpaired) electrons. The standard InChI is InChI=1S/C19H33N3O6/c1-19(2,3)28-18(26)22-12-13(11-14(22)17(20)25)21-15(23)9-7-5-6-8-10-16(24)27-4/h13-14H,5-12H2,1-4H3,(H2,20,25)(H,21,23)/t13-,14+/m1/s1. The van der Waals surface area contributed by atoms with E-state index in [1.54, 1.807) is 20.8 Å². The highest BCUT2D eigenvalue weighted by molar-refractivity contribution is 5.85. The van der Waals surface area contributed by atoms with Gasteiger partial charge in [-0.25, -0.2) is 4.79 Å². The molecule has 1 fully saturated rings. The van der Waals surface area contributed by atoms with Crippen molar-refractivity contribution < 1.29 is 28.7 Å². The molecule has 0 bridgehead atoms. The third-order valence-electron chi connectivity index (χ3n) is 4.39. The topological polar surface area (TPSA) is 128 Å². The van der Waals surface area contributed by atoms with Crippen LogP contribution in [-0.4, -0.2) is 60.1 Å². The number of unbranched alkanes of at least 4 members (excludes halogenated alkanes) is 3. The van der Waals surface area contributed by atoms with Crippen molar-refractivity contribution in [3.8, 4) is 0 Å². The van der Waals surface area contributed by atoms with Crippen molar-refractivity contribution in [3.63, 3.8) is 0 Å². The van der Waals surface area contributed by atoms with Gasteiger partial charge in [0.05, 0.1) is 7.11 Å². The Bertz CT molecular complexity index is 573. The van der Waals surface area contributed by atoms with E-state index >= 15 is 0 Å². The smallest absolute Gasteiger partial charge is 0.411 e. The molecule has 160 valence electrons. The van der Waals surface area contributed by atoms with E-state index in [1.165, 1.54) is 12.0 Å². The molecule has 9 nitrogen and oxygen atoms in total. The monoisotopic (exact) mass is 399 g/mol. The van der Waals surface area contributed by atoms with Crippen molar-refractivity contribution in [2.24, 2.45) is 5.73 Å². The predicted molar refractivity (Wildman–Crippen MR) is 102 cm³/mol. The lowest BCUT2D eigenvalue weighted by atomic mass is 10.1. The molecule has 1 aliphatic heterocycles. The Morgan fingerprint density at radius 3 is 2.21 bits per heavy atom. The second kappa shape index (κ2) is 10.9. The summed E-state index contributed by atoms with van der Waals surface area (Å²) in [5.74, 6) is -0.974. The SMILES string of the molecule is COC(=O)CCCCCCC(=O)N[C@@H]1C[C@@H](C(N)=O)N(C(=O)OC(C)(C)C)C1. The summed E-state index contributed by atoms with van der Waals surface area (Å²) in [7, 11) is 1.36. The van der Waals surface area contributed by atoms with Crippen LogP contribution in [0, 0.1) is 0 Å². The summed E-state index contributed by atoms with van der Waals surface area (Å²) >= 11 is 0. The first-order valence-electron chi connectivity index (χ1n) is 9.68. The number of methoxy groups -OCH3 is 1. The third kappa shape index (κ3) is 8.58. The summed E-state index contributed by atoms with van der Waals surface area (Å²) in [6, 6.07) is -1.13. The van der Waals surface area contributed by atoms with Crippen LogP contribution in [0.4, 0.5) is 4.79 Å². The van der Waals surface area contributed by atoms with Crippen molar-refractivity contribution in [3.05, 3.63) is 0 Å². The van der Waals surface area contributed by atoms with Crippen LogP contribution in [0.25, 0.3) is 0 Å². The number of nitrogens with two attached hydrogens (primary N) is 1. The van der Waals surface area contributed by atoms with E-state index < -0.39 is 23.6 Å². The Balaban J connectivity index is 2.39. The number of hydrogen-bond acceptors (Lipinski definition) is 6. The number of primary amides is 1. The highest BCUT2D eigenvalue weighted by Crippen LogP contribution is 2.21. The summed E-state index contributed by atoms with van der Waals surface area (Å²) in [6.07, 6.45) is 3.53. The van der Waals surface area contributed by atoms with E-state index in [2.05, 4.69) is 10.1 Å². The van der Waals surface area contributed by atoms with Gasteiger partial charge in [-0.1, -0.05) is 12.8 Å². The summed E-state index contributed by atoms with van der Waals surface area (Å²) in [4.78, 5) is 48.4. The number of esters is 1. The average molecular weight is 399 g/mol. The molecule has 1 heterocycles. The summed E-state index contributed by atoms with van der Waals surface area (Å²) in [5.41, 5.74) is 4.72. The van der Waals surface area contributed by atoms with E-state index in [4.69, 9.17) is 10.5 Å². The van der Waals surface area contributed by atoms with E-state index in [0.29, 0.717) is 19.3 Å². The maximum atomic E-state index is 12.3. The molecule has 0 saturated carbocycles. The van der Waals surface area contributed by atoms with Crippen LogP contribution in [0.5, 0.6) is 0 Å². The number of amides is 3. The molecular weight excluding hydrogens is 366 g/mol. The number of carbonyl (C=O) groups is 4. The lowest BCUT2D eigenvalue weighted by Crippen LogP contribution is -2.46. The van der Waals surface area contributed by atoms with Crippen LogP contribution in [-0.2, 0) is 23.9 Å². The maximum Gasteiger partial charge on any atom is 0.411 e. The molecule has 0 aliphatic carbocycles. The number of hydrogen-bond donors (Lipinski definition) is 2. The molecule has 1 rings (SSSR count). The Morgan fingerprint density at radius 1 is 1.07 bits per heavy atom. The largest absolute Gasteiger partial charge is 0.469 e. The number of carbonyl (C=O) groups excluding carboxylic acids is 4. The molecule has 0 aromatic rings. The second-order valence-corrected chi connectivity index (χ2v) is 8.04. The molecule has 0 aromatic carbocycles. The molecule has 2 atom stereocenters. The molecule has 3 N–H and O–H groups in total. The van der Waals surface area contributed by atoms with Gasteiger partial charge in [0.25, 0.3) is 0 Å². The van der Waals surface area contributed by atoms with Crippen LogP contribution in [0.3, 0.4) is 0 Å². The lowest BCUT2D eigenvalue weighted by Gasteiger charge is -2.27. The van der Waals surface area contributed by atoms with Crippen molar-refractivity contribution in [1.82, 2.24) is 10.2 Å². The summed E-state index contributed by atoms with van der Waals surface area (Å²) in [5, 5.41) is 2.86. The minimum Gasteiger partial charge on any atom is -0.469 e. The van der Waals surface area contributed by atoms with Crippen LogP contribution in [0.1, 0.15) is 65.7 Å². The number of likely N-dealkylation sites (tertiary alicyclic amines) is 1. The van der Waals surface area contributed by atoms with Gasteiger partial charge in [0.2, 0.25) is 11.8 Å². The van der Waals surface area contributed by atoms with Gasteiger partial charge in [-0.15, -0.1) is 0 Å². The third-order valence-corrected chi connectivity index (χ3v) is 4.39. The minimum absolute atomic E-state index is 0.132. The normalized spacial score (nSPS) is 19.2. The van der Waals surface area contributed by atoms with Gasteiger partial charge in [0.15, 0.2) is 0 Å². The van der Waals surface area contributed by atoms with Gasteiger partial charge in [0, 0.05) is 25.4 Å². The van der Waals surface area contributed by atoms with Gasteiger partial charge in [-0.05, 0) is 40.0 Å². The van der Waals surface area contributed by atoms with Gasteiger partial charge >= 0.3 is 12.1 Å². The highest BCUT2D eigenvalue weighted by atomic mass is 16.6. The molecular formula is C19H33N3O6. The van der Waals surface area contributed by atoms with E-state index in [-0.39, 0.29) is 30.9 Å². The Morgan fingerprint density at radius 2 is 1.68 bits per heavy atom. The summed E-state index contributed by atoms with van der Waals surface area (Å²) in [6.45, 7) is 5.41. The molecule has 3 amide bonds. The molecule has 0 aromatic heterocycles. The van der Waals surface area contributed by atoms with Gasteiger partial charge in [-0.2, -0.15) is 0 Å². The predicted octanol–water partition coefficient (Wildman–Crippen LogP) is 1.48. The fourth-order valence-corrected chi connectivity index (χ4v) is 3.04. The number of nitrogens with one attached hydrogen (secondary N) is 1. The number of rotatable bonds is 9. The Kier molecular flexibility index (Phi) is 9.21. The number of ether oxygens (including phenoxy) is 2. The van der Waals surface area contributed by atoms with Crippen molar-refractivity contribution >= 4 is 23.9 Å². The van der Waals surface area contributed by atoms with Crippen molar-refractivity contribution in [1.29, 1.82) is 0 Å². The number of nitrogens with zero attached hydrogens (tertiary/aromatic N) is 1. The molecule has 28 heavy (non-hydrogen) atoms. The Labute approximate surface area is 166 Å². The van der Waals surface area contributed by atoms with E-state index in [9.17, 15) is 19.2 Å². The zero-order valence-electron chi connectivity index (χ0n) is 17.3. The minimum atomic E-state index is -0.793. The first-order valence-corrected chi connectivity index (χ1v) is 9.68. The van der Waals surface area contributed by atoms with Crippen molar-refractivity contribution in [2.75, 3.05) is 13.7 Å². The van der Waals surface area contributed by atoms with Crippen molar-refractivity contribution in [2.45, 2.75) is 83.4 Å². The molecule has 1 saturated heterocycles. The zero-order chi connectivity index (χ0) is 21.3. The van der Waals surface area contributed by atoms with Gasteiger partial charge < -0.3 is 20.5 Å². The summed E-state index contributed by atoms with van der Waals surface area (Å²) < 4.78 is 9.89. The van der Waals surface area contributed by atoms with E-state index in [1.807, 2.05) is 0 Å². The molecule has 1 aliphatic rings. The first kappa shape index (κ1) is 23.7. The van der Waals surface area contributed by atoms with Crippen LogP contribution < -0.4 is 11.1 Å². The van der Waals surface area contributed by atoms with Crippen LogP contribution in [0.2, 0.25) is 0 Å². The van der Waals surface area contributed by atoms with Gasteiger partial charge in [-0.3, -0.25) is 19.3 Å². The fourth-order valence-electron chi connectivity index (χ4n) is 3.04. The maximum absolute atomic E-state index is 12.3. The highest BCUT2D eigenvalue weighted by Gasteiger charge is 2.41. The quantitative estimate of drug-likeness (QED) is 0.446. The van der Waals surface area contributed by atoms with Crippen LogP contribution >= 0.6 is 0 Å². The molecule has 0 spiro atoms. The lowest BCUT2D eigenvalue weighted by molar-refractivity contribution is -0.140. The fraction of sp³-hybridized carbons (Fsp3) is 0.789.